The molecule has 0 radical (unpaired) electrons. The van der Waals surface area contributed by atoms with Gasteiger partial charge in [-0.05, 0) is 18.3 Å². The van der Waals surface area contributed by atoms with Crippen LogP contribution in [0.5, 0.6) is 5.88 Å². The molecular weight excluding hydrogens is 320 g/mol. The van der Waals surface area contributed by atoms with Crippen LogP contribution in [0.4, 0.5) is 5.69 Å². The van der Waals surface area contributed by atoms with E-state index in [-0.39, 0.29) is 5.88 Å². The summed E-state index contributed by atoms with van der Waals surface area (Å²) in [4.78, 5) is 1.80. The fourth-order valence-corrected chi connectivity index (χ4v) is 2.57. The van der Waals surface area contributed by atoms with Crippen molar-refractivity contribution in [3.05, 3.63) is 62.2 Å². The Hall–Kier alpha value is -2.73. The van der Waals surface area contributed by atoms with Crippen molar-refractivity contribution in [2.24, 2.45) is 10.2 Å². The molecule has 5 nitrogen and oxygen atoms in total. The molecule has 1 heterocycles. The van der Waals surface area contributed by atoms with Gasteiger partial charge in [-0.3, -0.25) is 0 Å². The molecule has 1 N–H and O–H groups in total. The lowest BCUT2D eigenvalue weighted by Gasteiger charge is -2.17. The van der Waals surface area contributed by atoms with E-state index in [9.17, 15) is 5.11 Å². The van der Waals surface area contributed by atoms with Crippen LogP contribution >= 0.6 is 12.2 Å². The number of aromatic hydroxyl groups is 1. The Labute approximate surface area is 146 Å². The average Bonchev–Trinajstić information content (AvgIpc) is 2.85. The minimum absolute atomic E-state index is 0.0432. The van der Waals surface area contributed by atoms with Crippen LogP contribution in [0.1, 0.15) is 0 Å². The Balaban J connectivity index is 2.40. The molecule has 0 aliphatic heterocycles. The van der Waals surface area contributed by atoms with Crippen molar-refractivity contribution < 1.29 is 5.11 Å². The molecule has 0 saturated carbocycles. The summed E-state index contributed by atoms with van der Waals surface area (Å²) in [6.07, 6.45) is 5.19. The first-order chi connectivity index (χ1) is 11.6. The second-order valence-electron chi connectivity index (χ2n) is 5.05. The van der Waals surface area contributed by atoms with Gasteiger partial charge in [0.2, 0.25) is 11.0 Å². The number of nitrogens with zero attached hydrogens (tertiary/aromatic N) is 4. The van der Waals surface area contributed by atoms with Crippen LogP contribution in [0.15, 0.2) is 72.5 Å². The largest absolute Gasteiger partial charge is 0.493 e. The highest BCUT2D eigenvalue weighted by molar-refractivity contribution is 7.80. The van der Waals surface area contributed by atoms with Crippen molar-refractivity contribution in [1.82, 2.24) is 9.47 Å². The lowest BCUT2D eigenvalue weighted by atomic mass is 10.2. The van der Waals surface area contributed by atoms with E-state index in [1.807, 2.05) is 24.3 Å². The first-order valence-electron chi connectivity index (χ1n) is 7.47. The number of rotatable bonds is 7. The molecule has 2 rings (SSSR count). The van der Waals surface area contributed by atoms with Crippen LogP contribution in [0.25, 0.3) is 10.9 Å². The van der Waals surface area contributed by atoms with Gasteiger partial charge in [0.1, 0.15) is 0 Å². The molecule has 1 aromatic heterocycles. The first kappa shape index (κ1) is 17.6. The standard InChI is InChI=1S/C18H20N4OS/c1-4-11-21(12-5-2)18(24)20-19-16-14-9-7-8-10-15(14)22(13-6-3)17(16)23/h4-10,23H,1-3,11-13H2. The van der Waals surface area contributed by atoms with Crippen LogP contribution in [0.2, 0.25) is 0 Å². The van der Waals surface area contributed by atoms with E-state index in [1.54, 1.807) is 27.7 Å². The van der Waals surface area contributed by atoms with Crippen molar-refractivity contribution in [3.63, 3.8) is 0 Å². The van der Waals surface area contributed by atoms with E-state index >= 15 is 0 Å². The highest BCUT2D eigenvalue weighted by Gasteiger charge is 2.16. The van der Waals surface area contributed by atoms with Gasteiger partial charge in [-0.1, -0.05) is 36.4 Å². The van der Waals surface area contributed by atoms with Gasteiger partial charge < -0.3 is 14.6 Å². The van der Waals surface area contributed by atoms with E-state index in [0.717, 1.165) is 10.9 Å². The zero-order valence-electron chi connectivity index (χ0n) is 13.4. The minimum Gasteiger partial charge on any atom is -0.493 e. The molecule has 0 bridgehead atoms. The third kappa shape index (κ3) is 3.60. The van der Waals surface area contributed by atoms with Gasteiger partial charge in [0.25, 0.3) is 0 Å². The number of para-hydroxylation sites is 1. The second-order valence-corrected chi connectivity index (χ2v) is 5.42. The van der Waals surface area contributed by atoms with Crippen molar-refractivity contribution in [2.75, 3.05) is 13.1 Å². The number of hydrogen-bond acceptors (Lipinski definition) is 3. The lowest BCUT2D eigenvalue weighted by molar-refractivity contribution is 0.431. The monoisotopic (exact) mass is 340 g/mol. The van der Waals surface area contributed by atoms with E-state index in [0.29, 0.717) is 30.4 Å². The highest BCUT2D eigenvalue weighted by Crippen LogP contribution is 2.38. The lowest BCUT2D eigenvalue weighted by Crippen LogP contribution is -2.28. The molecule has 124 valence electrons. The number of aromatic nitrogens is 1. The van der Waals surface area contributed by atoms with Crippen molar-refractivity contribution in [1.29, 1.82) is 0 Å². The predicted molar refractivity (Wildman–Crippen MR) is 103 cm³/mol. The summed E-state index contributed by atoms with van der Waals surface area (Å²) in [5.41, 5.74) is 1.26. The van der Waals surface area contributed by atoms with Crippen LogP contribution in [-0.2, 0) is 6.54 Å². The summed E-state index contributed by atoms with van der Waals surface area (Å²) in [5.74, 6) is 0.0432. The Morgan fingerprint density at radius 2 is 1.83 bits per heavy atom. The summed E-state index contributed by atoms with van der Waals surface area (Å²) >= 11 is 5.29. The molecule has 2 aromatic rings. The predicted octanol–water partition coefficient (Wildman–Crippen LogP) is 4.58. The second kappa shape index (κ2) is 8.21. The third-order valence-corrected chi connectivity index (χ3v) is 3.77. The molecule has 0 aliphatic carbocycles. The number of fused-ring (bicyclic) bond motifs is 1. The van der Waals surface area contributed by atoms with Gasteiger partial charge in [0.15, 0.2) is 5.69 Å². The number of thiocarbonyl (C=S) groups is 1. The van der Waals surface area contributed by atoms with Gasteiger partial charge in [0, 0.05) is 25.0 Å². The molecule has 0 atom stereocenters. The number of azo groups is 1. The van der Waals surface area contributed by atoms with Gasteiger partial charge in [-0.2, -0.15) is 0 Å². The third-order valence-electron chi connectivity index (χ3n) is 3.43. The SMILES string of the molecule is C=CCN(CC=C)C(=S)N=Nc1c(O)n(CC=C)c2ccccc12. The Morgan fingerprint density at radius 1 is 1.17 bits per heavy atom. The fourth-order valence-electron chi connectivity index (χ4n) is 2.38. The van der Waals surface area contributed by atoms with Crippen LogP contribution < -0.4 is 0 Å². The molecule has 0 amide bonds. The number of hydrogen-bond donors (Lipinski definition) is 1. The molecule has 1 aromatic carbocycles. The van der Waals surface area contributed by atoms with Gasteiger partial charge in [0.05, 0.1) is 5.52 Å². The maximum absolute atomic E-state index is 10.5. The van der Waals surface area contributed by atoms with Gasteiger partial charge in [-0.25, -0.2) is 0 Å². The quantitative estimate of drug-likeness (QED) is 0.456. The topological polar surface area (TPSA) is 53.1 Å². The Morgan fingerprint density at radius 3 is 2.46 bits per heavy atom. The maximum atomic E-state index is 10.5. The normalized spacial score (nSPS) is 10.8. The molecule has 24 heavy (non-hydrogen) atoms. The van der Waals surface area contributed by atoms with E-state index in [2.05, 4.69) is 30.0 Å². The highest BCUT2D eigenvalue weighted by atomic mass is 32.1. The van der Waals surface area contributed by atoms with Crippen LogP contribution in [0.3, 0.4) is 0 Å². The molecule has 0 spiro atoms. The van der Waals surface area contributed by atoms with E-state index in [4.69, 9.17) is 12.2 Å². The summed E-state index contributed by atoms with van der Waals surface area (Å²) in [6.45, 7) is 12.7. The number of benzene rings is 1. The van der Waals surface area contributed by atoms with Crippen LogP contribution in [0, 0.1) is 0 Å². The average molecular weight is 340 g/mol. The zero-order valence-corrected chi connectivity index (χ0v) is 14.2. The molecular formula is C18H20N4OS. The van der Waals surface area contributed by atoms with Gasteiger partial charge >= 0.3 is 0 Å². The molecule has 0 saturated heterocycles. The first-order valence-corrected chi connectivity index (χ1v) is 7.88. The van der Waals surface area contributed by atoms with Crippen molar-refractivity contribution in [2.45, 2.75) is 6.54 Å². The maximum Gasteiger partial charge on any atom is 0.221 e. The number of allylic oxidation sites excluding steroid dienone is 1. The van der Waals surface area contributed by atoms with E-state index < -0.39 is 0 Å². The summed E-state index contributed by atoms with van der Waals surface area (Å²) < 4.78 is 1.73. The van der Waals surface area contributed by atoms with Gasteiger partial charge in [-0.15, -0.1) is 30.0 Å². The van der Waals surface area contributed by atoms with E-state index in [1.165, 1.54) is 0 Å². The van der Waals surface area contributed by atoms with Crippen molar-refractivity contribution in [3.8, 4) is 5.88 Å². The Kier molecular flexibility index (Phi) is 6.03. The fraction of sp³-hybridized carbons (Fsp3) is 0.167. The molecule has 0 aliphatic rings. The Bertz CT molecular complexity index is 797. The molecule has 0 unspecified atom stereocenters. The smallest absolute Gasteiger partial charge is 0.221 e. The summed E-state index contributed by atoms with van der Waals surface area (Å²) in [7, 11) is 0. The minimum atomic E-state index is 0.0432. The molecule has 6 heteroatoms. The van der Waals surface area contributed by atoms with Crippen LogP contribution in [-0.4, -0.2) is 32.8 Å². The molecule has 0 fully saturated rings. The summed E-state index contributed by atoms with van der Waals surface area (Å²) in [6, 6.07) is 7.59. The van der Waals surface area contributed by atoms with Crippen molar-refractivity contribution >= 4 is 33.9 Å². The zero-order chi connectivity index (χ0) is 17.5. The summed E-state index contributed by atoms with van der Waals surface area (Å²) in [5, 5.41) is 19.9.